The van der Waals surface area contributed by atoms with Crippen molar-refractivity contribution in [2.75, 3.05) is 0 Å². The summed E-state index contributed by atoms with van der Waals surface area (Å²) < 4.78 is 18.7. The van der Waals surface area contributed by atoms with Crippen LogP contribution < -0.4 is 4.74 Å². The molecule has 1 heterocycles. The number of hydrogen-bond acceptors (Lipinski definition) is 4. The van der Waals surface area contributed by atoms with Gasteiger partial charge in [0.2, 0.25) is 0 Å². The molecule has 102 valence electrons. The van der Waals surface area contributed by atoms with E-state index in [1.807, 2.05) is 6.07 Å². The summed E-state index contributed by atoms with van der Waals surface area (Å²) in [5, 5.41) is 18.4. The zero-order valence-corrected chi connectivity index (χ0v) is 10.9. The molecule has 0 saturated heterocycles. The van der Waals surface area contributed by atoms with Crippen LogP contribution in [0.1, 0.15) is 29.8 Å². The highest BCUT2D eigenvalue weighted by molar-refractivity contribution is 5.36. The van der Waals surface area contributed by atoms with Gasteiger partial charge in [0.25, 0.3) is 0 Å². The third kappa shape index (κ3) is 3.31. The number of aliphatic hydroxyl groups excluding tert-OH is 1. The number of nitriles is 1. The molecule has 0 aliphatic heterocycles. The highest BCUT2D eigenvalue weighted by Crippen LogP contribution is 2.26. The third-order valence-electron chi connectivity index (χ3n) is 2.76. The van der Waals surface area contributed by atoms with Gasteiger partial charge in [-0.2, -0.15) is 5.26 Å². The molecule has 0 bridgehead atoms. The van der Waals surface area contributed by atoms with Gasteiger partial charge < -0.3 is 9.84 Å². The first-order valence-corrected chi connectivity index (χ1v) is 6.05. The van der Waals surface area contributed by atoms with Crippen LogP contribution in [0.15, 0.2) is 36.5 Å². The molecule has 1 aromatic carbocycles. The van der Waals surface area contributed by atoms with E-state index >= 15 is 0 Å². The summed E-state index contributed by atoms with van der Waals surface area (Å²) >= 11 is 0. The Morgan fingerprint density at radius 1 is 1.40 bits per heavy atom. The zero-order chi connectivity index (χ0) is 14.5. The van der Waals surface area contributed by atoms with Crippen molar-refractivity contribution in [2.24, 2.45) is 0 Å². The van der Waals surface area contributed by atoms with E-state index in [9.17, 15) is 9.50 Å². The average molecular weight is 272 g/mol. The third-order valence-corrected chi connectivity index (χ3v) is 2.76. The van der Waals surface area contributed by atoms with Crippen molar-refractivity contribution in [3.63, 3.8) is 0 Å². The number of pyridine rings is 1. The minimum absolute atomic E-state index is 0.211. The normalized spacial score (nSPS) is 11.7. The van der Waals surface area contributed by atoms with E-state index < -0.39 is 11.9 Å². The molecule has 1 aromatic heterocycles. The SMILES string of the molecule is CC(O)c1cc(F)ccc1OCc1ccnc(C#N)c1. The highest BCUT2D eigenvalue weighted by atomic mass is 19.1. The molecule has 0 aliphatic carbocycles. The van der Waals surface area contributed by atoms with E-state index in [0.717, 1.165) is 5.56 Å². The Kier molecular flexibility index (Phi) is 4.28. The molecule has 1 atom stereocenters. The molecular formula is C15H13FN2O2. The van der Waals surface area contributed by atoms with Gasteiger partial charge in [0, 0.05) is 11.8 Å². The Morgan fingerprint density at radius 2 is 2.20 bits per heavy atom. The molecule has 2 rings (SSSR count). The molecule has 1 unspecified atom stereocenters. The van der Waals surface area contributed by atoms with Gasteiger partial charge in [-0.25, -0.2) is 9.37 Å². The van der Waals surface area contributed by atoms with Crippen molar-refractivity contribution in [3.05, 3.63) is 59.2 Å². The summed E-state index contributed by atoms with van der Waals surface area (Å²) in [4.78, 5) is 3.86. The van der Waals surface area contributed by atoms with Gasteiger partial charge in [-0.15, -0.1) is 0 Å². The Bertz CT molecular complexity index is 651. The maximum absolute atomic E-state index is 13.2. The quantitative estimate of drug-likeness (QED) is 0.929. The lowest BCUT2D eigenvalue weighted by Gasteiger charge is -2.13. The van der Waals surface area contributed by atoms with E-state index in [0.29, 0.717) is 17.0 Å². The fourth-order valence-electron chi connectivity index (χ4n) is 1.76. The molecular weight excluding hydrogens is 259 g/mol. The van der Waals surface area contributed by atoms with Crippen molar-refractivity contribution in [3.8, 4) is 11.8 Å². The number of aromatic nitrogens is 1. The Labute approximate surface area is 116 Å². The fraction of sp³-hybridized carbons (Fsp3) is 0.200. The molecule has 4 nitrogen and oxygen atoms in total. The number of nitrogens with zero attached hydrogens (tertiary/aromatic N) is 2. The number of halogens is 1. The standard InChI is InChI=1S/C15H13FN2O2/c1-10(19)14-7-12(16)2-3-15(14)20-9-11-4-5-18-13(6-11)8-17/h2-7,10,19H,9H2,1H3. The zero-order valence-electron chi connectivity index (χ0n) is 10.9. The van der Waals surface area contributed by atoms with E-state index in [-0.39, 0.29) is 6.61 Å². The van der Waals surface area contributed by atoms with Gasteiger partial charge >= 0.3 is 0 Å². The molecule has 0 spiro atoms. The molecule has 0 radical (unpaired) electrons. The summed E-state index contributed by atoms with van der Waals surface area (Å²) in [5.74, 6) is -0.0133. The summed E-state index contributed by atoms with van der Waals surface area (Å²) in [6.45, 7) is 1.75. The van der Waals surface area contributed by atoms with Gasteiger partial charge in [0.15, 0.2) is 0 Å². The second-order valence-electron chi connectivity index (χ2n) is 4.31. The average Bonchev–Trinajstić information content (AvgIpc) is 2.46. The van der Waals surface area contributed by atoms with Crippen LogP contribution in [-0.2, 0) is 6.61 Å². The number of hydrogen-bond donors (Lipinski definition) is 1. The van der Waals surface area contributed by atoms with Crippen LogP contribution in [0.3, 0.4) is 0 Å². The first-order chi connectivity index (χ1) is 9.60. The monoisotopic (exact) mass is 272 g/mol. The first-order valence-electron chi connectivity index (χ1n) is 6.05. The molecule has 0 aliphatic rings. The summed E-state index contributed by atoms with van der Waals surface area (Å²) in [7, 11) is 0. The van der Waals surface area contributed by atoms with Crippen LogP contribution in [-0.4, -0.2) is 10.1 Å². The van der Waals surface area contributed by atoms with Gasteiger partial charge in [-0.3, -0.25) is 0 Å². The predicted octanol–water partition coefficient (Wildman–Crippen LogP) is 2.72. The lowest BCUT2D eigenvalue weighted by molar-refractivity contribution is 0.189. The molecule has 20 heavy (non-hydrogen) atoms. The Balaban J connectivity index is 2.16. The maximum atomic E-state index is 13.2. The van der Waals surface area contributed by atoms with E-state index in [1.54, 1.807) is 19.1 Å². The molecule has 5 heteroatoms. The summed E-state index contributed by atoms with van der Waals surface area (Å²) in [5.41, 5.74) is 1.47. The van der Waals surface area contributed by atoms with Crippen molar-refractivity contribution < 1.29 is 14.2 Å². The van der Waals surface area contributed by atoms with Gasteiger partial charge in [0.1, 0.15) is 29.9 Å². The Morgan fingerprint density at radius 3 is 2.90 bits per heavy atom. The largest absolute Gasteiger partial charge is 0.489 e. The lowest BCUT2D eigenvalue weighted by Crippen LogP contribution is -2.02. The molecule has 0 fully saturated rings. The number of benzene rings is 1. The first kappa shape index (κ1) is 14.0. The smallest absolute Gasteiger partial charge is 0.140 e. The van der Waals surface area contributed by atoms with Crippen molar-refractivity contribution in [1.82, 2.24) is 4.98 Å². The lowest BCUT2D eigenvalue weighted by atomic mass is 10.1. The van der Waals surface area contributed by atoms with Crippen LogP contribution in [0.5, 0.6) is 5.75 Å². The maximum Gasteiger partial charge on any atom is 0.140 e. The minimum Gasteiger partial charge on any atom is -0.489 e. The van der Waals surface area contributed by atoms with Crippen molar-refractivity contribution in [1.29, 1.82) is 5.26 Å². The molecule has 2 aromatic rings. The van der Waals surface area contributed by atoms with E-state index in [2.05, 4.69) is 4.98 Å². The van der Waals surface area contributed by atoms with Gasteiger partial charge in [-0.1, -0.05) is 0 Å². The van der Waals surface area contributed by atoms with Crippen molar-refractivity contribution >= 4 is 0 Å². The van der Waals surface area contributed by atoms with Crippen LogP contribution in [0.4, 0.5) is 4.39 Å². The van der Waals surface area contributed by atoms with Gasteiger partial charge in [-0.05, 0) is 42.8 Å². The molecule has 1 N–H and O–H groups in total. The fourth-order valence-corrected chi connectivity index (χ4v) is 1.76. The van der Waals surface area contributed by atoms with Crippen molar-refractivity contribution in [2.45, 2.75) is 19.6 Å². The highest BCUT2D eigenvalue weighted by Gasteiger charge is 2.11. The second kappa shape index (κ2) is 6.13. The second-order valence-corrected chi connectivity index (χ2v) is 4.31. The number of rotatable bonds is 4. The van der Waals surface area contributed by atoms with Crippen LogP contribution in [0.25, 0.3) is 0 Å². The van der Waals surface area contributed by atoms with Gasteiger partial charge in [0.05, 0.1) is 6.10 Å². The van der Waals surface area contributed by atoms with Crippen LogP contribution in [0.2, 0.25) is 0 Å². The van der Waals surface area contributed by atoms with E-state index in [1.165, 1.54) is 24.4 Å². The topological polar surface area (TPSA) is 66.1 Å². The minimum atomic E-state index is -0.826. The summed E-state index contributed by atoms with van der Waals surface area (Å²) in [6, 6.07) is 9.28. The predicted molar refractivity (Wildman–Crippen MR) is 70.3 cm³/mol. The number of aliphatic hydroxyl groups is 1. The van der Waals surface area contributed by atoms with E-state index in [4.69, 9.17) is 10.00 Å². The number of ether oxygens (including phenoxy) is 1. The Hall–Kier alpha value is -2.45. The van der Waals surface area contributed by atoms with Crippen LogP contribution in [0, 0.1) is 17.1 Å². The molecule has 0 saturated carbocycles. The molecule has 0 amide bonds. The van der Waals surface area contributed by atoms with Crippen LogP contribution >= 0.6 is 0 Å². The summed E-state index contributed by atoms with van der Waals surface area (Å²) in [6.07, 6.45) is 0.699.